The highest BCUT2D eigenvalue weighted by Gasteiger charge is 2.49. The first-order valence-electron chi connectivity index (χ1n) is 6.01. The Kier molecular flexibility index (Phi) is 6.84. The van der Waals surface area contributed by atoms with Crippen molar-refractivity contribution in [2.75, 3.05) is 0 Å². The second kappa shape index (κ2) is 7.59. The van der Waals surface area contributed by atoms with Gasteiger partial charge in [0, 0.05) is 6.42 Å². The summed E-state index contributed by atoms with van der Waals surface area (Å²) < 4.78 is 0. The van der Waals surface area contributed by atoms with Crippen LogP contribution in [0.25, 0.3) is 0 Å². The topological polar surface area (TPSA) is 149 Å². The lowest BCUT2D eigenvalue weighted by atomic mass is 9.81. The van der Waals surface area contributed by atoms with Gasteiger partial charge in [-0.2, -0.15) is 0 Å². The molecule has 0 fully saturated rings. The van der Waals surface area contributed by atoms with Gasteiger partial charge in [0.05, 0.1) is 12.3 Å². The van der Waals surface area contributed by atoms with Crippen LogP contribution in [-0.4, -0.2) is 49.7 Å². The van der Waals surface area contributed by atoms with E-state index in [-0.39, 0.29) is 25.0 Å². The molecule has 0 aliphatic rings. The normalized spacial score (nSPS) is 15.1. The smallest absolute Gasteiger partial charge is 0.337 e. The standard InChI is InChI=1S/C12H18O8/c1-7(13)4-2-3-5-8(10(16)17)12(20,11(18)19)6-9(14)15/h8,20H,2-6H2,1H3,(H,14,15)(H,16,17)(H,18,19). The summed E-state index contributed by atoms with van der Waals surface area (Å²) in [5.41, 5.74) is -2.87. The van der Waals surface area contributed by atoms with Crippen molar-refractivity contribution in [1.29, 1.82) is 0 Å². The highest BCUT2D eigenvalue weighted by Crippen LogP contribution is 2.28. The SMILES string of the molecule is CC(=O)CCCCC(C(=O)O)C(O)(CC(=O)O)C(=O)O. The number of Topliss-reactive ketones (excluding diaryl/α,β-unsaturated/α-hetero) is 1. The molecule has 0 rings (SSSR count). The van der Waals surface area contributed by atoms with Crippen molar-refractivity contribution in [3.8, 4) is 0 Å². The van der Waals surface area contributed by atoms with E-state index in [9.17, 15) is 24.3 Å². The van der Waals surface area contributed by atoms with Gasteiger partial charge in [-0.15, -0.1) is 0 Å². The van der Waals surface area contributed by atoms with Crippen LogP contribution < -0.4 is 0 Å². The van der Waals surface area contributed by atoms with Crippen LogP contribution in [0, 0.1) is 5.92 Å². The van der Waals surface area contributed by atoms with Crippen molar-refractivity contribution in [1.82, 2.24) is 0 Å². The van der Waals surface area contributed by atoms with Gasteiger partial charge in [-0.3, -0.25) is 9.59 Å². The van der Waals surface area contributed by atoms with E-state index in [1.54, 1.807) is 0 Å². The van der Waals surface area contributed by atoms with Crippen molar-refractivity contribution in [3.63, 3.8) is 0 Å². The molecule has 0 aliphatic carbocycles. The van der Waals surface area contributed by atoms with Gasteiger partial charge < -0.3 is 25.2 Å². The molecular formula is C12H18O8. The van der Waals surface area contributed by atoms with E-state index in [0.717, 1.165) is 0 Å². The molecule has 0 amide bonds. The van der Waals surface area contributed by atoms with Gasteiger partial charge >= 0.3 is 17.9 Å². The van der Waals surface area contributed by atoms with Crippen molar-refractivity contribution in [3.05, 3.63) is 0 Å². The van der Waals surface area contributed by atoms with Gasteiger partial charge in [0.25, 0.3) is 0 Å². The fraction of sp³-hybridized carbons (Fsp3) is 0.667. The van der Waals surface area contributed by atoms with Crippen LogP contribution >= 0.6 is 0 Å². The number of carbonyl (C=O) groups excluding carboxylic acids is 1. The Labute approximate surface area is 115 Å². The summed E-state index contributed by atoms with van der Waals surface area (Å²) in [4.78, 5) is 43.4. The lowest BCUT2D eigenvalue weighted by molar-refractivity contribution is -0.179. The Balaban J connectivity index is 4.92. The number of hydrogen-bond acceptors (Lipinski definition) is 5. The maximum atomic E-state index is 11.1. The minimum atomic E-state index is -2.87. The second-order valence-corrected chi connectivity index (χ2v) is 4.64. The number of hydrogen-bond donors (Lipinski definition) is 4. The maximum absolute atomic E-state index is 11.1. The molecule has 0 aromatic heterocycles. The van der Waals surface area contributed by atoms with Crippen LogP contribution in [0.2, 0.25) is 0 Å². The first kappa shape index (κ1) is 18.0. The lowest BCUT2D eigenvalue weighted by Gasteiger charge is -2.28. The number of rotatable bonds is 10. The van der Waals surface area contributed by atoms with E-state index in [0.29, 0.717) is 6.42 Å². The molecular weight excluding hydrogens is 272 g/mol. The number of unbranched alkanes of at least 4 members (excludes halogenated alkanes) is 1. The average Bonchev–Trinajstić information content (AvgIpc) is 2.26. The van der Waals surface area contributed by atoms with Crippen molar-refractivity contribution in [2.24, 2.45) is 5.92 Å². The molecule has 0 aromatic carbocycles. The van der Waals surface area contributed by atoms with E-state index in [4.69, 9.17) is 15.3 Å². The first-order chi connectivity index (χ1) is 9.11. The third-order valence-electron chi connectivity index (χ3n) is 2.94. The molecule has 0 saturated heterocycles. The molecule has 2 unspecified atom stereocenters. The van der Waals surface area contributed by atoms with E-state index in [2.05, 4.69) is 0 Å². The molecule has 4 N–H and O–H groups in total. The first-order valence-corrected chi connectivity index (χ1v) is 6.01. The van der Waals surface area contributed by atoms with Gasteiger partial charge in [0.2, 0.25) is 0 Å². The van der Waals surface area contributed by atoms with Gasteiger partial charge in [0.1, 0.15) is 5.78 Å². The number of aliphatic carboxylic acids is 3. The summed E-state index contributed by atoms with van der Waals surface area (Å²) in [7, 11) is 0. The monoisotopic (exact) mass is 290 g/mol. The third kappa shape index (κ3) is 5.35. The van der Waals surface area contributed by atoms with E-state index < -0.39 is 35.8 Å². The fourth-order valence-corrected chi connectivity index (χ4v) is 1.87. The van der Waals surface area contributed by atoms with Gasteiger partial charge in [-0.1, -0.05) is 6.42 Å². The lowest BCUT2D eigenvalue weighted by Crippen LogP contribution is -2.50. The number of carbonyl (C=O) groups is 4. The molecule has 0 bridgehead atoms. The Morgan fingerprint density at radius 3 is 1.95 bits per heavy atom. The predicted octanol–water partition coefficient (Wildman–Crippen LogP) is 0.127. The summed E-state index contributed by atoms with van der Waals surface area (Å²) in [5.74, 6) is -6.92. The Hall–Kier alpha value is -1.96. The Morgan fingerprint density at radius 1 is 1.05 bits per heavy atom. The van der Waals surface area contributed by atoms with Crippen molar-refractivity contribution in [2.45, 2.75) is 44.6 Å². The second-order valence-electron chi connectivity index (χ2n) is 4.64. The van der Waals surface area contributed by atoms with E-state index >= 15 is 0 Å². The molecule has 114 valence electrons. The van der Waals surface area contributed by atoms with Gasteiger partial charge in [-0.05, 0) is 19.8 Å². The molecule has 0 aromatic rings. The van der Waals surface area contributed by atoms with Crippen LogP contribution in [0.1, 0.15) is 39.0 Å². The minimum Gasteiger partial charge on any atom is -0.481 e. The van der Waals surface area contributed by atoms with Crippen molar-refractivity contribution < 1.29 is 39.6 Å². The summed E-state index contributed by atoms with van der Waals surface area (Å²) in [6.07, 6.45) is -0.658. The molecule has 0 saturated carbocycles. The van der Waals surface area contributed by atoms with Crippen LogP contribution in [0.5, 0.6) is 0 Å². The van der Waals surface area contributed by atoms with Crippen LogP contribution in [0.4, 0.5) is 0 Å². The molecule has 8 nitrogen and oxygen atoms in total. The maximum Gasteiger partial charge on any atom is 0.337 e. The van der Waals surface area contributed by atoms with E-state index in [1.807, 2.05) is 0 Å². The quantitative estimate of drug-likeness (QED) is 0.414. The molecule has 0 heterocycles. The largest absolute Gasteiger partial charge is 0.481 e. The van der Waals surface area contributed by atoms with Crippen LogP contribution in [-0.2, 0) is 19.2 Å². The minimum absolute atomic E-state index is 0.0871. The molecule has 0 spiro atoms. The van der Waals surface area contributed by atoms with Gasteiger partial charge in [0.15, 0.2) is 5.60 Å². The molecule has 0 radical (unpaired) electrons. The number of carboxylic acid groups (broad SMARTS) is 3. The fourth-order valence-electron chi connectivity index (χ4n) is 1.87. The summed E-state index contributed by atoms with van der Waals surface area (Å²) in [5, 5.41) is 36.4. The number of ketones is 1. The van der Waals surface area contributed by atoms with Crippen LogP contribution in [0.3, 0.4) is 0 Å². The molecule has 0 aliphatic heterocycles. The zero-order valence-electron chi connectivity index (χ0n) is 11.0. The van der Waals surface area contributed by atoms with Crippen molar-refractivity contribution >= 4 is 23.7 Å². The zero-order valence-corrected chi connectivity index (χ0v) is 11.0. The number of carboxylic acids is 3. The van der Waals surface area contributed by atoms with Gasteiger partial charge in [-0.25, -0.2) is 4.79 Å². The molecule has 8 heteroatoms. The Bertz CT molecular complexity index is 402. The molecule has 2 atom stereocenters. The summed E-state index contributed by atoms with van der Waals surface area (Å²) in [6.45, 7) is 1.37. The molecule has 20 heavy (non-hydrogen) atoms. The summed E-state index contributed by atoms with van der Waals surface area (Å²) in [6, 6.07) is 0. The summed E-state index contributed by atoms with van der Waals surface area (Å²) >= 11 is 0. The third-order valence-corrected chi connectivity index (χ3v) is 2.94. The predicted molar refractivity (Wildman–Crippen MR) is 65.1 cm³/mol. The Morgan fingerprint density at radius 2 is 1.60 bits per heavy atom. The van der Waals surface area contributed by atoms with Crippen LogP contribution in [0.15, 0.2) is 0 Å². The van der Waals surface area contributed by atoms with E-state index in [1.165, 1.54) is 6.92 Å². The highest BCUT2D eigenvalue weighted by atomic mass is 16.4. The number of aliphatic hydroxyl groups is 1. The average molecular weight is 290 g/mol. The highest BCUT2D eigenvalue weighted by molar-refractivity contribution is 5.89. The zero-order chi connectivity index (χ0) is 15.9.